The van der Waals surface area contributed by atoms with E-state index < -0.39 is 0 Å². The lowest BCUT2D eigenvalue weighted by molar-refractivity contribution is -0.131. The van der Waals surface area contributed by atoms with Gasteiger partial charge in [0.05, 0.1) is 11.9 Å². The average Bonchev–Trinajstić information content (AvgIpc) is 2.49. The zero-order valence-corrected chi connectivity index (χ0v) is 13.3. The van der Waals surface area contributed by atoms with Crippen molar-refractivity contribution in [2.24, 2.45) is 0 Å². The van der Waals surface area contributed by atoms with Crippen molar-refractivity contribution in [3.05, 3.63) is 23.8 Å². The highest BCUT2D eigenvalue weighted by molar-refractivity contribution is 5.92. The molecule has 0 spiro atoms. The number of rotatable bonds is 7. The van der Waals surface area contributed by atoms with Gasteiger partial charge < -0.3 is 9.80 Å². The Hall–Kier alpha value is -1.98. The Labute approximate surface area is 126 Å². The van der Waals surface area contributed by atoms with Gasteiger partial charge >= 0.3 is 0 Å². The molecule has 0 aromatic carbocycles. The van der Waals surface area contributed by atoms with Gasteiger partial charge in [0.25, 0.3) is 5.91 Å². The quantitative estimate of drug-likeness (QED) is 0.764. The molecule has 1 aromatic rings. The third-order valence-corrected chi connectivity index (χ3v) is 3.38. The van der Waals surface area contributed by atoms with Gasteiger partial charge in [0.2, 0.25) is 5.91 Å². The third-order valence-electron chi connectivity index (χ3n) is 3.38. The highest BCUT2D eigenvalue weighted by atomic mass is 16.2. The maximum Gasteiger partial charge on any atom is 0.274 e. The molecule has 0 bridgehead atoms. The molecule has 21 heavy (non-hydrogen) atoms. The molecule has 2 amide bonds. The van der Waals surface area contributed by atoms with Gasteiger partial charge in [-0.25, -0.2) is 4.98 Å². The Balaban J connectivity index is 2.64. The number of aryl methyl sites for hydroxylation is 1. The Kier molecular flexibility index (Phi) is 6.78. The second-order valence-electron chi connectivity index (χ2n) is 4.74. The molecule has 0 saturated carbocycles. The lowest BCUT2D eigenvalue weighted by Crippen LogP contribution is -2.37. The largest absolute Gasteiger partial charge is 0.343 e. The second kappa shape index (κ2) is 8.34. The Morgan fingerprint density at radius 3 is 2.10 bits per heavy atom. The molecule has 0 radical (unpaired) electrons. The van der Waals surface area contributed by atoms with Crippen molar-refractivity contribution in [1.29, 1.82) is 0 Å². The lowest BCUT2D eigenvalue weighted by Gasteiger charge is -2.23. The predicted octanol–water partition coefficient (Wildman–Crippen LogP) is 1.51. The molecule has 1 aromatic heterocycles. The number of carbonyl (C=O) groups is 2. The van der Waals surface area contributed by atoms with Crippen molar-refractivity contribution in [1.82, 2.24) is 19.8 Å². The minimum absolute atomic E-state index is 0.0706. The highest BCUT2D eigenvalue weighted by Crippen LogP contribution is 2.04. The monoisotopic (exact) mass is 292 g/mol. The minimum atomic E-state index is -0.183. The maximum absolute atomic E-state index is 12.3. The maximum atomic E-state index is 12.3. The van der Waals surface area contributed by atoms with Crippen LogP contribution in [0.25, 0.3) is 0 Å². The number of nitrogens with zero attached hydrogens (tertiary/aromatic N) is 4. The zero-order chi connectivity index (χ0) is 15.8. The van der Waals surface area contributed by atoms with Crippen LogP contribution in [0.4, 0.5) is 0 Å². The van der Waals surface area contributed by atoms with Crippen LogP contribution >= 0.6 is 0 Å². The Morgan fingerprint density at radius 2 is 1.62 bits per heavy atom. The zero-order valence-electron chi connectivity index (χ0n) is 13.3. The fourth-order valence-electron chi connectivity index (χ4n) is 2.03. The molecule has 0 aliphatic heterocycles. The molecule has 1 rings (SSSR count). The van der Waals surface area contributed by atoms with Gasteiger partial charge in [-0.1, -0.05) is 0 Å². The van der Waals surface area contributed by atoms with E-state index in [1.54, 1.807) is 16.0 Å². The van der Waals surface area contributed by atoms with Crippen LogP contribution in [0.2, 0.25) is 0 Å². The number of hydrogen-bond acceptors (Lipinski definition) is 4. The fourth-order valence-corrected chi connectivity index (χ4v) is 2.03. The molecule has 0 unspecified atom stereocenters. The molecule has 6 heteroatoms. The summed E-state index contributed by atoms with van der Waals surface area (Å²) in [4.78, 5) is 35.9. The van der Waals surface area contributed by atoms with Crippen LogP contribution in [0.1, 0.15) is 43.4 Å². The molecule has 0 atom stereocenters. The molecule has 0 N–H and O–H groups in total. The predicted molar refractivity (Wildman–Crippen MR) is 80.9 cm³/mol. The van der Waals surface area contributed by atoms with Gasteiger partial charge in [0, 0.05) is 38.8 Å². The molecule has 0 saturated heterocycles. The van der Waals surface area contributed by atoms with E-state index in [1.807, 2.05) is 27.7 Å². The van der Waals surface area contributed by atoms with Crippen LogP contribution in [0.5, 0.6) is 0 Å². The topological polar surface area (TPSA) is 66.4 Å². The van der Waals surface area contributed by atoms with Crippen molar-refractivity contribution in [3.8, 4) is 0 Å². The molecular formula is C15H24N4O2. The van der Waals surface area contributed by atoms with Crippen LogP contribution in [-0.2, 0) is 4.79 Å². The highest BCUT2D eigenvalue weighted by Gasteiger charge is 2.18. The van der Waals surface area contributed by atoms with E-state index in [-0.39, 0.29) is 11.8 Å². The van der Waals surface area contributed by atoms with Crippen LogP contribution in [0.15, 0.2) is 12.4 Å². The first-order chi connectivity index (χ1) is 10.0. The Morgan fingerprint density at radius 1 is 1.00 bits per heavy atom. The van der Waals surface area contributed by atoms with Crippen molar-refractivity contribution in [2.45, 2.75) is 34.1 Å². The lowest BCUT2D eigenvalue weighted by atomic mass is 10.3. The number of aromatic nitrogens is 2. The molecule has 116 valence electrons. The van der Waals surface area contributed by atoms with Gasteiger partial charge in [0.1, 0.15) is 5.69 Å². The van der Waals surface area contributed by atoms with E-state index in [0.717, 1.165) is 5.69 Å². The van der Waals surface area contributed by atoms with E-state index in [4.69, 9.17) is 0 Å². The van der Waals surface area contributed by atoms with E-state index in [0.29, 0.717) is 38.3 Å². The summed E-state index contributed by atoms with van der Waals surface area (Å²) < 4.78 is 0. The van der Waals surface area contributed by atoms with E-state index in [2.05, 4.69) is 9.97 Å². The summed E-state index contributed by atoms with van der Waals surface area (Å²) in [6.07, 6.45) is 3.38. The first kappa shape index (κ1) is 17.1. The fraction of sp³-hybridized carbons (Fsp3) is 0.600. The van der Waals surface area contributed by atoms with Crippen molar-refractivity contribution < 1.29 is 9.59 Å². The number of carbonyl (C=O) groups excluding carboxylic acids is 2. The summed E-state index contributed by atoms with van der Waals surface area (Å²) in [7, 11) is 0. The SMILES string of the molecule is CCN(CC)C(=O)CCN(CC)C(=O)c1cnc(C)cn1. The summed E-state index contributed by atoms with van der Waals surface area (Å²) in [5.41, 5.74) is 1.09. The molecule has 0 aliphatic rings. The van der Waals surface area contributed by atoms with Gasteiger partial charge in [-0.05, 0) is 27.7 Å². The normalized spacial score (nSPS) is 10.3. The standard InChI is InChI=1S/C15H24N4O2/c1-5-18(6-2)14(20)8-9-19(7-3)15(21)13-11-16-12(4)10-17-13/h10-11H,5-9H2,1-4H3. The summed E-state index contributed by atoms with van der Waals surface area (Å²) in [6, 6.07) is 0. The first-order valence-corrected chi connectivity index (χ1v) is 7.39. The molecule has 0 fully saturated rings. The number of hydrogen-bond donors (Lipinski definition) is 0. The molecule has 1 heterocycles. The summed E-state index contributed by atoms with van der Waals surface area (Å²) in [5.74, 6) is -0.112. The number of amides is 2. The van der Waals surface area contributed by atoms with Crippen molar-refractivity contribution in [3.63, 3.8) is 0 Å². The molecule has 0 aliphatic carbocycles. The van der Waals surface area contributed by atoms with Gasteiger partial charge in [-0.15, -0.1) is 0 Å². The minimum Gasteiger partial charge on any atom is -0.343 e. The molecule has 6 nitrogen and oxygen atoms in total. The molecular weight excluding hydrogens is 268 g/mol. The smallest absolute Gasteiger partial charge is 0.274 e. The van der Waals surface area contributed by atoms with Gasteiger partial charge in [0.15, 0.2) is 0 Å². The van der Waals surface area contributed by atoms with E-state index in [1.165, 1.54) is 6.20 Å². The van der Waals surface area contributed by atoms with Gasteiger partial charge in [-0.3, -0.25) is 14.6 Å². The summed E-state index contributed by atoms with van der Waals surface area (Å²) >= 11 is 0. The van der Waals surface area contributed by atoms with Crippen LogP contribution in [0.3, 0.4) is 0 Å². The first-order valence-electron chi connectivity index (χ1n) is 7.39. The summed E-state index contributed by atoms with van der Waals surface area (Å²) in [5, 5.41) is 0. The van der Waals surface area contributed by atoms with Crippen LogP contribution < -0.4 is 0 Å². The van der Waals surface area contributed by atoms with Crippen molar-refractivity contribution >= 4 is 11.8 Å². The second-order valence-corrected chi connectivity index (χ2v) is 4.74. The Bertz CT molecular complexity index is 469. The van der Waals surface area contributed by atoms with Crippen molar-refractivity contribution in [2.75, 3.05) is 26.2 Å². The summed E-state index contributed by atoms with van der Waals surface area (Å²) in [6.45, 7) is 9.94. The average molecular weight is 292 g/mol. The third kappa shape index (κ3) is 4.81. The van der Waals surface area contributed by atoms with E-state index in [9.17, 15) is 9.59 Å². The van der Waals surface area contributed by atoms with Gasteiger partial charge in [-0.2, -0.15) is 0 Å². The van der Waals surface area contributed by atoms with E-state index >= 15 is 0 Å². The van der Waals surface area contributed by atoms with Crippen LogP contribution in [0, 0.1) is 6.92 Å². The van der Waals surface area contributed by atoms with Crippen LogP contribution in [-0.4, -0.2) is 57.8 Å².